The van der Waals surface area contributed by atoms with Gasteiger partial charge in [0.15, 0.2) is 0 Å². The number of aryl methyl sites for hydroxylation is 1. The zero-order valence-corrected chi connectivity index (χ0v) is 13.9. The summed E-state index contributed by atoms with van der Waals surface area (Å²) in [5.41, 5.74) is 3.40. The predicted molar refractivity (Wildman–Crippen MR) is 90.1 cm³/mol. The van der Waals surface area contributed by atoms with Gasteiger partial charge in [0.1, 0.15) is 0 Å². The highest BCUT2D eigenvalue weighted by atomic mass is 16.7. The first-order valence-electron chi connectivity index (χ1n) is 7.68. The van der Waals surface area contributed by atoms with Gasteiger partial charge in [0.25, 0.3) is 0 Å². The summed E-state index contributed by atoms with van der Waals surface area (Å²) in [4.78, 5) is 4.74. The van der Waals surface area contributed by atoms with Crippen LogP contribution < -0.4 is 5.59 Å². The lowest BCUT2D eigenvalue weighted by Crippen LogP contribution is -2.41. The van der Waals surface area contributed by atoms with E-state index in [1.807, 2.05) is 18.2 Å². The smallest absolute Gasteiger partial charge is 0.398 e. The van der Waals surface area contributed by atoms with Crippen LogP contribution in [0.4, 0.5) is 0 Å². The molecule has 0 radical (unpaired) electrons. The lowest BCUT2D eigenvalue weighted by molar-refractivity contribution is 0.00578. The third kappa shape index (κ3) is 2.69. The molecule has 2 heterocycles. The van der Waals surface area contributed by atoms with E-state index in [1.54, 1.807) is 0 Å². The van der Waals surface area contributed by atoms with Gasteiger partial charge in [-0.05, 0) is 46.8 Å². The van der Waals surface area contributed by atoms with Gasteiger partial charge in [-0.1, -0.05) is 35.9 Å². The number of hydrogen-bond donors (Lipinski definition) is 0. The average molecular weight is 295 g/mol. The van der Waals surface area contributed by atoms with Gasteiger partial charge in [-0.25, -0.2) is 0 Å². The fourth-order valence-electron chi connectivity index (χ4n) is 2.43. The van der Waals surface area contributed by atoms with Crippen molar-refractivity contribution in [1.29, 1.82) is 0 Å². The minimum atomic E-state index is -0.421. The van der Waals surface area contributed by atoms with Crippen molar-refractivity contribution in [1.82, 2.24) is 4.98 Å². The number of aromatic nitrogens is 1. The Morgan fingerprint density at radius 1 is 0.864 bits per heavy atom. The first-order chi connectivity index (χ1) is 10.3. The maximum atomic E-state index is 6.08. The molecule has 0 bridgehead atoms. The highest BCUT2D eigenvalue weighted by molar-refractivity contribution is 6.61. The highest BCUT2D eigenvalue weighted by Gasteiger charge is 2.52. The van der Waals surface area contributed by atoms with Gasteiger partial charge in [-0.15, -0.1) is 0 Å². The molecule has 1 saturated heterocycles. The third-order valence-electron chi connectivity index (χ3n) is 4.61. The van der Waals surface area contributed by atoms with E-state index in [0.29, 0.717) is 0 Å². The first kappa shape index (κ1) is 15.3. The van der Waals surface area contributed by atoms with Crippen molar-refractivity contribution in [3.63, 3.8) is 0 Å². The second-order valence-corrected chi connectivity index (χ2v) is 6.90. The van der Waals surface area contributed by atoms with Crippen LogP contribution in [0.1, 0.15) is 33.3 Å². The van der Waals surface area contributed by atoms with E-state index in [2.05, 4.69) is 58.9 Å². The maximum Gasteiger partial charge on any atom is 0.514 e. The van der Waals surface area contributed by atoms with Crippen LogP contribution in [0.15, 0.2) is 42.5 Å². The second kappa shape index (κ2) is 5.22. The molecule has 22 heavy (non-hydrogen) atoms. The molecular weight excluding hydrogens is 273 g/mol. The molecule has 1 aromatic heterocycles. The Balaban J connectivity index is 1.91. The van der Waals surface area contributed by atoms with Crippen LogP contribution in [-0.4, -0.2) is 23.3 Å². The van der Waals surface area contributed by atoms with Crippen molar-refractivity contribution in [3.8, 4) is 11.3 Å². The number of nitrogens with zero attached hydrogens (tertiary/aromatic N) is 1. The van der Waals surface area contributed by atoms with Crippen LogP contribution >= 0.6 is 0 Å². The van der Waals surface area contributed by atoms with Crippen molar-refractivity contribution >= 4 is 12.7 Å². The average Bonchev–Trinajstić information content (AvgIpc) is 2.68. The van der Waals surface area contributed by atoms with Gasteiger partial charge >= 0.3 is 7.12 Å². The van der Waals surface area contributed by atoms with E-state index in [1.165, 1.54) is 5.56 Å². The lowest BCUT2D eigenvalue weighted by Gasteiger charge is -2.32. The van der Waals surface area contributed by atoms with Crippen LogP contribution in [-0.2, 0) is 9.31 Å². The van der Waals surface area contributed by atoms with Crippen LogP contribution in [0, 0.1) is 6.92 Å². The summed E-state index contributed by atoms with van der Waals surface area (Å²) in [6, 6.07) is 14.3. The summed E-state index contributed by atoms with van der Waals surface area (Å²) in [5, 5.41) is 0. The van der Waals surface area contributed by atoms with Crippen LogP contribution in [0.3, 0.4) is 0 Å². The van der Waals surface area contributed by atoms with E-state index in [4.69, 9.17) is 14.3 Å². The summed E-state index contributed by atoms with van der Waals surface area (Å²) in [7, 11) is -0.421. The first-order valence-corrected chi connectivity index (χ1v) is 7.68. The van der Waals surface area contributed by atoms with Crippen LogP contribution in [0.25, 0.3) is 11.3 Å². The molecule has 0 N–H and O–H groups in total. The molecule has 0 spiro atoms. The predicted octanol–water partition coefficient (Wildman–Crippen LogP) is 3.36. The molecule has 4 heteroatoms. The molecule has 1 aromatic carbocycles. The number of benzene rings is 1. The molecule has 0 atom stereocenters. The van der Waals surface area contributed by atoms with E-state index in [9.17, 15) is 0 Å². The van der Waals surface area contributed by atoms with Gasteiger partial charge in [0.2, 0.25) is 0 Å². The molecule has 3 nitrogen and oxygen atoms in total. The van der Waals surface area contributed by atoms with Crippen LogP contribution in [0.2, 0.25) is 0 Å². The molecule has 0 amide bonds. The molecule has 2 aromatic rings. The molecule has 0 unspecified atom stereocenters. The molecule has 1 aliphatic heterocycles. The monoisotopic (exact) mass is 295 g/mol. The van der Waals surface area contributed by atoms with Gasteiger partial charge in [-0.2, -0.15) is 0 Å². The van der Waals surface area contributed by atoms with Gasteiger partial charge < -0.3 is 9.31 Å². The van der Waals surface area contributed by atoms with Crippen molar-refractivity contribution in [2.75, 3.05) is 0 Å². The zero-order chi connectivity index (χ0) is 16.0. The van der Waals surface area contributed by atoms with Crippen molar-refractivity contribution in [2.24, 2.45) is 0 Å². The molecular formula is C18H22BNO2. The largest absolute Gasteiger partial charge is 0.514 e. The number of hydrogen-bond acceptors (Lipinski definition) is 3. The normalized spacial score (nSPS) is 19.4. The van der Waals surface area contributed by atoms with E-state index < -0.39 is 7.12 Å². The fraction of sp³-hybridized carbons (Fsp3) is 0.389. The fourth-order valence-corrected chi connectivity index (χ4v) is 2.43. The molecule has 0 saturated carbocycles. The van der Waals surface area contributed by atoms with Crippen LogP contribution in [0.5, 0.6) is 0 Å². The molecule has 3 rings (SSSR count). The van der Waals surface area contributed by atoms with E-state index >= 15 is 0 Å². The van der Waals surface area contributed by atoms with Crippen molar-refractivity contribution in [3.05, 3.63) is 48.0 Å². The van der Waals surface area contributed by atoms with Gasteiger partial charge in [0, 0.05) is 5.56 Å². The Bertz CT molecular complexity index is 664. The Labute approximate surface area is 132 Å². The summed E-state index contributed by atoms with van der Waals surface area (Å²) in [6.07, 6.45) is 0. The number of pyridine rings is 1. The summed E-state index contributed by atoms with van der Waals surface area (Å²) < 4.78 is 12.2. The zero-order valence-electron chi connectivity index (χ0n) is 13.9. The summed E-state index contributed by atoms with van der Waals surface area (Å²) >= 11 is 0. The quantitative estimate of drug-likeness (QED) is 0.796. The second-order valence-electron chi connectivity index (χ2n) is 6.90. The van der Waals surface area contributed by atoms with Gasteiger partial charge in [-0.3, -0.25) is 4.98 Å². The number of rotatable bonds is 2. The van der Waals surface area contributed by atoms with Gasteiger partial charge in [0.05, 0.1) is 22.5 Å². The molecule has 0 aliphatic carbocycles. The Morgan fingerprint density at radius 2 is 1.45 bits per heavy atom. The molecule has 1 fully saturated rings. The maximum absolute atomic E-state index is 6.08. The summed E-state index contributed by atoms with van der Waals surface area (Å²) in [6.45, 7) is 10.3. The molecule has 114 valence electrons. The Morgan fingerprint density at radius 3 is 2.05 bits per heavy atom. The minimum absolute atomic E-state index is 0.348. The van der Waals surface area contributed by atoms with E-state index in [-0.39, 0.29) is 11.2 Å². The topological polar surface area (TPSA) is 31.4 Å². The van der Waals surface area contributed by atoms with E-state index in [0.717, 1.165) is 16.9 Å². The van der Waals surface area contributed by atoms with Crippen molar-refractivity contribution < 1.29 is 9.31 Å². The standard InChI is InChI=1S/C18H22BNO2/c1-13-9-11-14(12-10-13)15-7-6-8-16(20-15)19-21-17(2,3)18(4,5)22-19/h6-12H,1-5H3. The molecule has 1 aliphatic rings. The SMILES string of the molecule is Cc1ccc(-c2cccc(B3OC(C)(C)C(C)(C)O3)n2)cc1. The Kier molecular flexibility index (Phi) is 3.62. The minimum Gasteiger partial charge on any atom is -0.398 e. The summed E-state index contributed by atoms with van der Waals surface area (Å²) in [5.74, 6) is 0. The highest BCUT2D eigenvalue weighted by Crippen LogP contribution is 2.36. The lowest BCUT2D eigenvalue weighted by atomic mass is 9.84. The Hall–Kier alpha value is -1.65. The van der Waals surface area contributed by atoms with Crippen molar-refractivity contribution in [2.45, 2.75) is 45.8 Å². The third-order valence-corrected chi connectivity index (χ3v) is 4.61.